The predicted molar refractivity (Wildman–Crippen MR) is 122 cm³/mol. The summed E-state index contributed by atoms with van der Waals surface area (Å²) < 4.78 is 8.01. The zero-order valence-corrected chi connectivity index (χ0v) is 19.0. The van der Waals surface area contributed by atoms with Crippen molar-refractivity contribution in [1.82, 2.24) is 9.88 Å². The third-order valence-corrected chi connectivity index (χ3v) is 7.67. The summed E-state index contributed by atoms with van der Waals surface area (Å²) >= 11 is 8.05. The quantitative estimate of drug-likeness (QED) is 0.419. The van der Waals surface area contributed by atoms with Crippen molar-refractivity contribution >= 4 is 57.6 Å². The molecule has 1 N–H and O–H groups in total. The van der Waals surface area contributed by atoms with Crippen molar-refractivity contribution in [3.05, 3.63) is 43.9 Å². The molecule has 0 saturated carbocycles. The molecule has 8 heteroatoms. The lowest BCUT2D eigenvalue weighted by molar-refractivity contribution is -0.115. The van der Waals surface area contributed by atoms with E-state index in [-0.39, 0.29) is 11.9 Å². The Balaban J connectivity index is 1.84. The fourth-order valence-corrected chi connectivity index (χ4v) is 6.45. The number of rotatable bonds is 4. The maximum Gasteiger partial charge on any atom is 0.341 e. The van der Waals surface area contributed by atoms with Gasteiger partial charge in [-0.2, -0.15) is 0 Å². The second kappa shape index (κ2) is 8.08. The number of thiophene rings is 1. The van der Waals surface area contributed by atoms with Crippen LogP contribution in [-0.4, -0.2) is 27.4 Å². The molecule has 3 heterocycles. The van der Waals surface area contributed by atoms with Gasteiger partial charge in [0.15, 0.2) is 0 Å². The molecule has 1 fully saturated rings. The van der Waals surface area contributed by atoms with Gasteiger partial charge in [0.1, 0.15) is 9.32 Å². The largest absolute Gasteiger partial charge is 0.462 e. The molecule has 0 unspecified atom stereocenters. The Kier molecular flexibility index (Phi) is 5.68. The molecule has 1 aliphatic heterocycles. The fraction of sp³-hybridized carbons (Fsp3) is 0.381. The summed E-state index contributed by atoms with van der Waals surface area (Å²) in [5.41, 5.74) is 4.82. The molecule has 2 aliphatic rings. The van der Waals surface area contributed by atoms with Crippen LogP contribution in [-0.2, 0) is 22.4 Å². The van der Waals surface area contributed by atoms with Crippen molar-refractivity contribution in [2.45, 2.75) is 46.5 Å². The average molecular weight is 447 g/mol. The van der Waals surface area contributed by atoms with Gasteiger partial charge in [-0.3, -0.25) is 4.79 Å². The van der Waals surface area contributed by atoms with Gasteiger partial charge in [0.05, 0.1) is 17.1 Å². The molecule has 5 nitrogen and oxygen atoms in total. The Bertz CT molecular complexity index is 1060. The lowest BCUT2D eigenvalue weighted by Crippen LogP contribution is -2.17. The summed E-state index contributed by atoms with van der Waals surface area (Å²) in [4.78, 5) is 26.8. The molecule has 0 spiro atoms. The number of nitrogens with one attached hydrogen (secondary N) is 1. The van der Waals surface area contributed by atoms with Gasteiger partial charge in [-0.25, -0.2) is 4.79 Å². The van der Waals surface area contributed by atoms with Gasteiger partial charge >= 0.3 is 5.97 Å². The maximum absolute atomic E-state index is 12.8. The summed E-state index contributed by atoms with van der Waals surface area (Å²) in [5.74, 6) is -0.408. The third kappa shape index (κ3) is 3.69. The Labute approximate surface area is 183 Å². The van der Waals surface area contributed by atoms with Crippen LogP contribution in [0.5, 0.6) is 0 Å². The normalized spacial score (nSPS) is 17.6. The molecule has 1 saturated heterocycles. The Morgan fingerprint density at radius 3 is 2.79 bits per heavy atom. The van der Waals surface area contributed by atoms with Crippen molar-refractivity contribution in [1.29, 1.82) is 0 Å². The smallest absolute Gasteiger partial charge is 0.341 e. The van der Waals surface area contributed by atoms with Crippen molar-refractivity contribution in [2.75, 3.05) is 6.61 Å². The van der Waals surface area contributed by atoms with Crippen LogP contribution in [0.15, 0.2) is 11.0 Å². The van der Waals surface area contributed by atoms with Crippen LogP contribution in [0.25, 0.3) is 11.1 Å². The van der Waals surface area contributed by atoms with Crippen LogP contribution < -0.4 is 5.32 Å². The van der Waals surface area contributed by atoms with E-state index in [0.29, 0.717) is 21.4 Å². The minimum Gasteiger partial charge on any atom is -0.462 e. The molecule has 2 aromatic heterocycles. The first-order valence-corrected chi connectivity index (χ1v) is 11.7. The molecule has 152 valence electrons. The number of fused-ring (bicyclic) bond motifs is 1. The first-order chi connectivity index (χ1) is 13.9. The molecule has 1 amide bonds. The van der Waals surface area contributed by atoms with Crippen LogP contribution in [0.4, 0.5) is 0 Å². The van der Waals surface area contributed by atoms with Gasteiger partial charge in [-0.05, 0) is 69.7 Å². The maximum atomic E-state index is 12.8. The average Bonchev–Trinajstić information content (AvgIpc) is 3.28. The molecular weight excluding hydrogens is 424 g/mol. The number of amides is 1. The summed E-state index contributed by atoms with van der Waals surface area (Å²) in [5, 5.41) is 3.58. The molecular formula is C21H22N2O3S3. The standard InChI is InChI=1S/C21H22N2O3S3/c1-4-26-20(25)17-14-7-5-6-8-15(14)28-19(17)23-11(2)9-13(12(23)3)10-16-18(24)22-21(27)29-16/h9-10H,4-8H2,1-3H3,(H,22,24,27)/b16-10-. The van der Waals surface area contributed by atoms with E-state index >= 15 is 0 Å². The predicted octanol–water partition coefficient (Wildman–Crippen LogP) is 4.70. The van der Waals surface area contributed by atoms with E-state index in [9.17, 15) is 9.59 Å². The highest BCUT2D eigenvalue weighted by Crippen LogP contribution is 2.39. The Hall–Kier alpha value is -1.90. The summed E-state index contributed by atoms with van der Waals surface area (Å²) in [6, 6.07) is 2.05. The molecule has 0 atom stereocenters. The number of nitrogens with zero attached hydrogens (tertiary/aromatic N) is 1. The van der Waals surface area contributed by atoms with Crippen molar-refractivity contribution in [3.8, 4) is 5.00 Å². The van der Waals surface area contributed by atoms with E-state index in [1.165, 1.54) is 16.6 Å². The molecule has 0 aromatic carbocycles. The van der Waals surface area contributed by atoms with E-state index in [0.717, 1.165) is 53.2 Å². The van der Waals surface area contributed by atoms with E-state index in [1.54, 1.807) is 11.3 Å². The van der Waals surface area contributed by atoms with Gasteiger partial charge in [0.2, 0.25) is 0 Å². The Morgan fingerprint density at radius 2 is 2.10 bits per heavy atom. The van der Waals surface area contributed by atoms with E-state index in [4.69, 9.17) is 17.0 Å². The number of carbonyl (C=O) groups excluding carboxylic acids is 2. The number of esters is 1. The van der Waals surface area contributed by atoms with Gasteiger partial charge < -0.3 is 14.6 Å². The molecule has 1 aliphatic carbocycles. The number of hydrogen-bond acceptors (Lipinski definition) is 6. The highest BCUT2D eigenvalue weighted by molar-refractivity contribution is 8.26. The topological polar surface area (TPSA) is 60.3 Å². The first kappa shape index (κ1) is 20.4. The second-order valence-electron chi connectivity index (χ2n) is 7.13. The minimum atomic E-state index is -0.245. The van der Waals surface area contributed by atoms with Gasteiger partial charge in [-0.15, -0.1) is 11.3 Å². The van der Waals surface area contributed by atoms with Gasteiger partial charge in [0, 0.05) is 16.3 Å². The SMILES string of the molecule is CCOC(=O)c1c(-n2c(C)cc(/C=C3\SC(=S)NC3=O)c2C)sc2c1CCCC2. The Morgan fingerprint density at radius 1 is 1.34 bits per heavy atom. The molecule has 0 bridgehead atoms. The first-order valence-electron chi connectivity index (χ1n) is 9.66. The number of carbonyl (C=O) groups is 2. The highest BCUT2D eigenvalue weighted by atomic mass is 32.2. The van der Waals surface area contributed by atoms with Crippen molar-refractivity contribution in [2.24, 2.45) is 0 Å². The number of thiocarbonyl (C=S) groups is 1. The highest BCUT2D eigenvalue weighted by Gasteiger charge is 2.29. The number of aryl methyl sites for hydroxylation is 2. The van der Waals surface area contributed by atoms with Crippen LogP contribution in [0, 0.1) is 13.8 Å². The van der Waals surface area contributed by atoms with Gasteiger partial charge in [-0.1, -0.05) is 24.0 Å². The van der Waals surface area contributed by atoms with Crippen molar-refractivity contribution in [3.63, 3.8) is 0 Å². The number of hydrogen-bond donors (Lipinski definition) is 1. The summed E-state index contributed by atoms with van der Waals surface area (Å²) in [6.07, 6.45) is 6.06. The lowest BCUT2D eigenvalue weighted by atomic mass is 9.95. The minimum absolute atomic E-state index is 0.163. The third-order valence-electron chi connectivity index (χ3n) is 5.23. The zero-order chi connectivity index (χ0) is 20.7. The van der Waals surface area contributed by atoms with E-state index < -0.39 is 0 Å². The van der Waals surface area contributed by atoms with Crippen LogP contribution in [0.3, 0.4) is 0 Å². The molecule has 0 radical (unpaired) electrons. The van der Waals surface area contributed by atoms with Crippen LogP contribution in [0.2, 0.25) is 0 Å². The lowest BCUT2D eigenvalue weighted by Gasteiger charge is -2.13. The van der Waals surface area contributed by atoms with Crippen molar-refractivity contribution < 1.29 is 14.3 Å². The number of ether oxygens (including phenoxy) is 1. The molecule has 2 aromatic rings. The number of thioether (sulfide) groups is 1. The molecule has 4 rings (SSSR count). The second-order valence-corrected chi connectivity index (χ2v) is 9.93. The summed E-state index contributed by atoms with van der Waals surface area (Å²) in [6.45, 7) is 6.23. The summed E-state index contributed by atoms with van der Waals surface area (Å²) in [7, 11) is 0. The molecule has 29 heavy (non-hydrogen) atoms. The van der Waals surface area contributed by atoms with E-state index in [1.807, 2.05) is 32.9 Å². The number of aromatic nitrogens is 1. The van der Waals surface area contributed by atoms with Gasteiger partial charge in [0.25, 0.3) is 5.91 Å². The van der Waals surface area contributed by atoms with Crippen LogP contribution >= 0.6 is 35.3 Å². The van der Waals surface area contributed by atoms with Crippen LogP contribution in [0.1, 0.15) is 57.5 Å². The zero-order valence-electron chi connectivity index (χ0n) is 16.6. The van der Waals surface area contributed by atoms with E-state index in [2.05, 4.69) is 9.88 Å². The fourth-order valence-electron chi connectivity index (χ4n) is 3.93. The monoisotopic (exact) mass is 446 g/mol.